The molecule has 0 unspecified atom stereocenters. The van der Waals surface area contributed by atoms with Gasteiger partial charge in [0.2, 0.25) is 5.95 Å². The Hall–Kier alpha value is -2.43. The number of benzene rings is 2. The minimum absolute atomic E-state index is 0.230. The molecule has 0 radical (unpaired) electrons. The molecule has 20 heavy (non-hydrogen) atoms. The molecule has 2 N–H and O–H groups in total. The molecule has 3 aromatic rings. The molecule has 0 aliphatic rings. The Morgan fingerprint density at radius 3 is 2.75 bits per heavy atom. The van der Waals surface area contributed by atoms with Gasteiger partial charge < -0.3 is 15.0 Å². The molecule has 0 aliphatic heterocycles. The molecular weight excluding hydrogens is 249 g/mol. The van der Waals surface area contributed by atoms with Crippen LogP contribution in [0, 0.1) is 6.92 Å². The molecular formula is C15H16BN3O. The number of fused-ring (bicyclic) bond motifs is 1. The maximum Gasteiger partial charge on any atom is 0.208 e. The van der Waals surface area contributed by atoms with Crippen LogP contribution in [0.5, 0.6) is 5.75 Å². The van der Waals surface area contributed by atoms with Crippen molar-refractivity contribution in [3.8, 4) is 5.75 Å². The van der Waals surface area contributed by atoms with Gasteiger partial charge in [-0.3, -0.25) is 0 Å². The predicted molar refractivity (Wildman–Crippen MR) is 85.0 cm³/mol. The Morgan fingerprint density at radius 2 is 2.00 bits per heavy atom. The molecule has 0 saturated carbocycles. The van der Waals surface area contributed by atoms with Crippen LogP contribution < -0.4 is 10.8 Å². The first kappa shape index (κ1) is 12.6. The largest absolute Gasteiger partial charge is 0.508 e. The lowest BCUT2D eigenvalue weighted by atomic mass is 9.91. The third kappa shape index (κ3) is 2.11. The summed E-state index contributed by atoms with van der Waals surface area (Å²) in [6, 6.07) is 11.4. The van der Waals surface area contributed by atoms with Crippen molar-refractivity contribution < 1.29 is 5.11 Å². The summed E-state index contributed by atoms with van der Waals surface area (Å²) in [7, 11) is 4.04. The second kappa shape index (κ2) is 4.60. The molecule has 2 aromatic carbocycles. The van der Waals surface area contributed by atoms with Gasteiger partial charge in [-0.1, -0.05) is 17.1 Å². The smallest absolute Gasteiger partial charge is 0.208 e. The van der Waals surface area contributed by atoms with Crippen LogP contribution in [0.1, 0.15) is 5.56 Å². The Kier molecular flexibility index (Phi) is 2.90. The van der Waals surface area contributed by atoms with Crippen molar-refractivity contribution in [2.45, 2.75) is 6.92 Å². The molecule has 100 valence electrons. The van der Waals surface area contributed by atoms with Gasteiger partial charge in [-0.05, 0) is 31.2 Å². The Bertz CT molecular complexity index is 795. The monoisotopic (exact) mass is 265 g/mol. The van der Waals surface area contributed by atoms with Gasteiger partial charge in [0.05, 0.1) is 11.0 Å². The first-order valence-corrected chi connectivity index (χ1v) is 6.54. The van der Waals surface area contributed by atoms with E-state index in [2.05, 4.69) is 37.2 Å². The number of hydrogen-bond acceptors (Lipinski definition) is 3. The van der Waals surface area contributed by atoms with Crippen molar-refractivity contribution >= 4 is 36.0 Å². The van der Waals surface area contributed by atoms with E-state index in [1.54, 1.807) is 12.1 Å². The zero-order valence-electron chi connectivity index (χ0n) is 11.8. The molecule has 5 heteroatoms. The van der Waals surface area contributed by atoms with Crippen LogP contribution >= 0.6 is 0 Å². The van der Waals surface area contributed by atoms with Gasteiger partial charge in [-0.25, -0.2) is 4.98 Å². The fraction of sp³-hybridized carbons (Fsp3) is 0.133. The number of nitrogens with zero attached hydrogens (tertiary/aromatic N) is 2. The zero-order valence-corrected chi connectivity index (χ0v) is 11.8. The van der Waals surface area contributed by atoms with Crippen molar-refractivity contribution in [1.82, 2.24) is 9.55 Å². The Labute approximate surface area is 118 Å². The molecule has 3 rings (SSSR count). The third-order valence-electron chi connectivity index (χ3n) is 3.63. The maximum atomic E-state index is 9.52. The summed E-state index contributed by atoms with van der Waals surface area (Å²) < 4.78 is 1.98. The molecule has 0 atom stereocenters. The lowest BCUT2D eigenvalue weighted by Gasteiger charge is -2.08. The third-order valence-corrected chi connectivity index (χ3v) is 3.63. The van der Waals surface area contributed by atoms with E-state index in [0.717, 1.165) is 22.7 Å². The fourth-order valence-electron chi connectivity index (χ4n) is 2.25. The van der Waals surface area contributed by atoms with Gasteiger partial charge in [-0.2, -0.15) is 0 Å². The van der Waals surface area contributed by atoms with Crippen molar-refractivity contribution in [1.29, 1.82) is 0 Å². The van der Waals surface area contributed by atoms with Gasteiger partial charge in [0.25, 0.3) is 0 Å². The zero-order chi connectivity index (χ0) is 14.3. The summed E-state index contributed by atoms with van der Waals surface area (Å²) in [5.41, 5.74) is 5.28. The van der Waals surface area contributed by atoms with E-state index in [-0.39, 0.29) is 5.75 Å². The topological polar surface area (TPSA) is 50.1 Å². The van der Waals surface area contributed by atoms with Crippen LogP contribution in [0.2, 0.25) is 0 Å². The van der Waals surface area contributed by atoms with E-state index in [9.17, 15) is 5.11 Å². The van der Waals surface area contributed by atoms with Crippen LogP contribution in [0.4, 0.5) is 11.6 Å². The molecule has 0 saturated heterocycles. The maximum absolute atomic E-state index is 9.52. The highest BCUT2D eigenvalue weighted by Crippen LogP contribution is 2.24. The summed E-state index contributed by atoms with van der Waals surface area (Å²) in [5, 5.41) is 12.8. The van der Waals surface area contributed by atoms with Crippen LogP contribution in [-0.2, 0) is 7.05 Å². The van der Waals surface area contributed by atoms with Crippen molar-refractivity contribution in [3.63, 3.8) is 0 Å². The lowest BCUT2D eigenvalue weighted by Crippen LogP contribution is -2.08. The second-order valence-electron chi connectivity index (χ2n) is 5.09. The number of phenolic OH excluding ortho intramolecular Hbond substituents is 1. The lowest BCUT2D eigenvalue weighted by molar-refractivity contribution is 0.476. The number of imidazole rings is 1. The highest BCUT2D eigenvalue weighted by Gasteiger charge is 2.08. The summed E-state index contributed by atoms with van der Waals surface area (Å²) in [5.74, 6) is 0.988. The van der Waals surface area contributed by atoms with E-state index in [1.165, 1.54) is 11.0 Å². The highest BCUT2D eigenvalue weighted by molar-refractivity contribution is 6.33. The van der Waals surface area contributed by atoms with Crippen molar-refractivity contribution in [2.24, 2.45) is 7.05 Å². The summed E-state index contributed by atoms with van der Waals surface area (Å²) in [6.07, 6.45) is 0. The van der Waals surface area contributed by atoms with E-state index >= 15 is 0 Å². The molecule has 1 heterocycles. The molecule has 1 aromatic heterocycles. The van der Waals surface area contributed by atoms with Crippen LogP contribution in [0.25, 0.3) is 11.0 Å². The minimum atomic E-state index is 0.230. The number of nitrogens with one attached hydrogen (secondary N) is 1. The number of phenols is 1. The van der Waals surface area contributed by atoms with Crippen molar-refractivity contribution in [3.05, 3.63) is 42.0 Å². The summed E-state index contributed by atoms with van der Waals surface area (Å²) >= 11 is 0. The van der Waals surface area contributed by atoms with Gasteiger partial charge in [-0.15, -0.1) is 0 Å². The Morgan fingerprint density at radius 1 is 1.20 bits per heavy atom. The van der Waals surface area contributed by atoms with Crippen LogP contribution in [0.3, 0.4) is 0 Å². The molecule has 0 fully saturated rings. The van der Waals surface area contributed by atoms with Crippen LogP contribution in [0.15, 0.2) is 36.4 Å². The standard InChI is InChI=1S/C15H16BN3O/c1-9-3-4-10(7-12(9)16)17-15-18-13-8-11(20)5-6-14(13)19(15)2/h3-8,20H,16H2,1-2H3,(H,17,18). The van der Waals surface area contributed by atoms with E-state index in [0.29, 0.717) is 0 Å². The Balaban J connectivity index is 2.02. The quantitative estimate of drug-likeness (QED) is 0.692. The minimum Gasteiger partial charge on any atom is -0.508 e. The normalized spacial score (nSPS) is 10.9. The average Bonchev–Trinajstić information content (AvgIpc) is 2.70. The number of aromatic nitrogens is 2. The van der Waals surface area contributed by atoms with Gasteiger partial charge in [0.1, 0.15) is 13.6 Å². The molecule has 4 nitrogen and oxygen atoms in total. The molecule has 0 spiro atoms. The second-order valence-corrected chi connectivity index (χ2v) is 5.09. The first-order valence-electron chi connectivity index (χ1n) is 6.54. The van der Waals surface area contributed by atoms with Gasteiger partial charge in [0, 0.05) is 18.8 Å². The predicted octanol–water partition coefficient (Wildman–Crippen LogP) is 1.59. The number of hydrogen-bond donors (Lipinski definition) is 2. The number of rotatable bonds is 2. The number of aromatic hydroxyl groups is 1. The number of aryl methyl sites for hydroxylation is 2. The van der Waals surface area contributed by atoms with Crippen LogP contribution in [-0.4, -0.2) is 22.5 Å². The van der Waals surface area contributed by atoms with Gasteiger partial charge >= 0.3 is 0 Å². The number of anilines is 2. The molecule has 0 bridgehead atoms. The summed E-state index contributed by atoms with van der Waals surface area (Å²) in [4.78, 5) is 4.51. The molecule has 0 aliphatic carbocycles. The molecule has 0 amide bonds. The van der Waals surface area contributed by atoms with Crippen molar-refractivity contribution in [2.75, 3.05) is 5.32 Å². The average molecular weight is 265 g/mol. The highest BCUT2D eigenvalue weighted by atomic mass is 16.3. The van der Waals surface area contributed by atoms with E-state index in [1.807, 2.05) is 23.7 Å². The van der Waals surface area contributed by atoms with E-state index in [4.69, 9.17) is 0 Å². The first-order chi connectivity index (χ1) is 9.54. The van der Waals surface area contributed by atoms with Gasteiger partial charge in [0.15, 0.2) is 0 Å². The SMILES string of the molecule is Bc1cc(Nc2nc3cc(O)ccc3n2C)ccc1C. The summed E-state index contributed by atoms with van der Waals surface area (Å²) in [6.45, 7) is 2.09. The fourth-order valence-corrected chi connectivity index (χ4v) is 2.25. The van der Waals surface area contributed by atoms with E-state index < -0.39 is 0 Å².